The lowest BCUT2D eigenvalue weighted by atomic mass is 9.89. The Kier molecular flexibility index (Phi) is 5.83. The zero-order chi connectivity index (χ0) is 22.9. The summed E-state index contributed by atoms with van der Waals surface area (Å²) < 4.78 is 30.5. The van der Waals surface area contributed by atoms with Crippen LogP contribution in [0.15, 0.2) is 60.7 Å². The van der Waals surface area contributed by atoms with Crippen molar-refractivity contribution in [2.24, 2.45) is 0 Å². The standard InChI is InChI=1S/C27H30F2N4/c28-22-16-21(33-12-4-7-26(33)20-8-9-24(30)25(31)15-20)17-23(29)27(22)32-13-10-19(11-14-32)18-5-2-1-3-6-18/h1-3,5-6,8-9,15-17,19,26H,4,7,10-14,30-31H2. The summed E-state index contributed by atoms with van der Waals surface area (Å²) in [7, 11) is 0. The van der Waals surface area contributed by atoms with Gasteiger partial charge in [0.25, 0.3) is 0 Å². The van der Waals surface area contributed by atoms with Gasteiger partial charge in [0, 0.05) is 25.3 Å². The van der Waals surface area contributed by atoms with Crippen LogP contribution >= 0.6 is 0 Å². The minimum Gasteiger partial charge on any atom is -0.397 e. The molecule has 0 saturated carbocycles. The van der Waals surface area contributed by atoms with E-state index >= 15 is 8.78 Å². The van der Waals surface area contributed by atoms with E-state index in [1.807, 2.05) is 35.2 Å². The van der Waals surface area contributed by atoms with Crippen LogP contribution in [0.5, 0.6) is 0 Å². The van der Waals surface area contributed by atoms with Gasteiger partial charge in [0.1, 0.15) is 5.69 Å². The summed E-state index contributed by atoms with van der Waals surface area (Å²) >= 11 is 0. The fraction of sp³-hybridized carbons (Fsp3) is 0.333. The highest BCUT2D eigenvalue weighted by Gasteiger charge is 2.30. The van der Waals surface area contributed by atoms with Crippen LogP contribution in [-0.2, 0) is 0 Å². The quantitative estimate of drug-likeness (QED) is 0.491. The van der Waals surface area contributed by atoms with E-state index in [-0.39, 0.29) is 11.7 Å². The zero-order valence-corrected chi connectivity index (χ0v) is 18.7. The molecule has 2 aliphatic heterocycles. The van der Waals surface area contributed by atoms with Crippen molar-refractivity contribution in [1.82, 2.24) is 0 Å². The average Bonchev–Trinajstić information content (AvgIpc) is 3.31. The maximum atomic E-state index is 15.3. The largest absolute Gasteiger partial charge is 0.397 e. The number of hydrogen-bond acceptors (Lipinski definition) is 4. The van der Waals surface area contributed by atoms with Gasteiger partial charge in [-0.15, -0.1) is 0 Å². The Hall–Kier alpha value is -3.28. The van der Waals surface area contributed by atoms with Crippen LogP contribution in [0.25, 0.3) is 0 Å². The van der Waals surface area contributed by atoms with Gasteiger partial charge in [-0.1, -0.05) is 36.4 Å². The maximum absolute atomic E-state index is 15.3. The van der Waals surface area contributed by atoms with Crippen molar-refractivity contribution in [3.63, 3.8) is 0 Å². The van der Waals surface area contributed by atoms with Gasteiger partial charge in [0.15, 0.2) is 11.6 Å². The smallest absolute Gasteiger partial charge is 0.151 e. The van der Waals surface area contributed by atoms with Crippen LogP contribution in [0, 0.1) is 11.6 Å². The van der Waals surface area contributed by atoms with Gasteiger partial charge >= 0.3 is 0 Å². The molecule has 2 saturated heterocycles. The summed E-state index contributed by atoms with van der Waals surface area (Å²) in [6.07, 6.45) is 3.63. The first-order valence-corrected chi connectivity index (χ1v) is 11.7. The molecule has 3 aromatic carbocycles. The van der Waals surface area contributed by atoms with Gasteiger partial charge in [-0.25, -0.2) is 8.78 Å². The van der Waals surface area contributed by atoms with Crippen molar-refractivity contribution in [3.05, 3.63) is 83.4 Å². The van der Waals surface area contributed by atoms with Crippen molar-refractivity contribution >= 4 is 22.7 Å². The Morgan fingerprint density at radius 2 is 1.42 bits per heavy atom. The van der Waals surface area contributed by atoms with Crippen molar-refractivity contribution < 1.29 is 8.78 Å². The van der Waals surface area contributed by atoms with Crippen molar-refractivity contribution in [2.75, 3.05) is 40.9 Å². The van der Waals surface area contributed by atoms with Crippen LogP contribution < -0.4 is 21.3 Å². The van der Waals surface area contributed by atoms with Crippen molar-refractivity contribution in [1.29, 1.82) is 0 Å². The molecule has 3 aromatic rings. The number of benzene rings is 3. The number of piperidine rings is 1. The van der Waals surface area contributed by atoms with Gasteiger partial charge in [0.05, 0.1) is 17.4 Å². The number of nitrogens with zero attached hydrogens (tertiary/aromatic N) is 2. The molecule has 1 unspecified atom stereocenters. The molecular weight excluding hydrogens is 418 g/mol. The molecule has 0 spiro atoms. The van der Waals surface area contributed by atoms with Crippen LogP contribution in [0.1, 0.15) is 48.8 Å². The summed E-state index contributed by atoms with van der Waals surface area (Å²) in [5, 5.41) is 0. The molecule has 5 rings (SSSR count). The van der Waals surface area contributed by atoms with Gasteiger partial charge in [0.2, 0.25) is 0 Å². The molecule has 0 bridgehead atoms. The number of hydrogen-bond donors (Lipinski definition) is 2. The molecule has 6 heteroatoms. The number of halogens is 2. The van der Waals surface area contributed by atoms with Crippen LogP contribution in [0.3, 0.4) is 0 Å². The second-order valence-electron chi connectivity index (χ2n) is 9.17. The molecule has 0 amide bonds. The summed E-state index contributed by atoms with van der Waals surface area (Å²) in [6, 6.07) is 19.0. The summed E-state index contributed by atoms with van der Waals surface area (Å²) in [5.74, 6) is -0.554. The van der Waals surface area contributed by atoms with Gasteiger partial charge in [-0.3, -0.25) is 0 Å². The Morgan fingerprint density at radius 1 is 0.727 bits per heavy atom. The van der Waals surface area contributed by atoms with Gasteiger partial charge in [-0.05, 0) is 67.0 Å². The highest BCUT2D eigenvalue weighted by Crippen LogP contribution is 2.40. The molecule has 4 nitrogen and oxygen atoms in total. The van der Waals surface area contributed by atoms with Crippen LogP contribution in [0.2, 0.25) is 0 Å². The topological polar surface area (TPSA) is 58.5 Å². The summed E-state index contributed by atoms with van der Waals surface area (Å²) in [6.45, 7) is 2.03. The number of nitrogens with two attached hydrogens (primary N) is 2. The lowest BCUT2D eigenvalue weighted by molar-refractivity contribution is 0.486. The molecule has 0 aromatic heterocycles. The van der Waals surface area contributed by atoms with Gasteiger partial charge in [-0.2, -0.15) is 0 Å². The maximum Gasteiger partial charge on any atom is 0.151 e. The van der Waals surface area contributed by atoms with E-state index in [0.717, 1.165) is 37.8 Å². The number of rotatable bonds is 4. The second-order valence-corrected chi connectivity index (χ2v) is 9.17. The van der Waals surface area contributed by atoms with E-state index < -0.39 is 11.6 Å². The van der Waals surface area contributed by atoms with Crippen molar-refractivity contribution in [2.45, 2.75) is 37.6 Å². The average molecular weight is 449 g/mol. The third-order valence-electron chi connectivity index (χ3n) is 7.16. The number of anilines is 4. The van der Waals surface area contributed by atoms with Crippen molar-refractivity contribution in [3.8, 4) is 0 Å². The molecule has 2 fully saturated rings. The molecule has 4 N–H and O–H groups in total. The molecule has 0 radical (unpaired) electrons. The predicted octanol–water partition coefficient (Wildman–Crippen LogP) is 5.85. The molecular formula is C27H30F2N4. The monoisotopic (exact) mass is 448 g/mol. The third kappa shape index (κ3) is 4.22. The van der Waals surface area contributed by atoms with E-state index in [9.17, 15) is 0 Å². The molecule has 33 heavy (non-hydrogen) atoms. The Bertz CT molecular complexity index is 1100. The van der Waals surface area contributed by atoms with E-state index in [4.69, 9.17) is 11.5 Å². The Balaban J connectivity index is 1.35. The summed E-state index contributed by atoms with van der Waals surface area (Å²) in [5.41, 5.74) is 15.9. The lowest BCUT2D eigenvalue weighted by Gasteiger charge is -2.35. The minimum absolute atomic E-state index is 0.0270. The molecule has 0 aliphatic carbocycles. The predicted molar refractivity (Wildman–Crippen MR) is 132 cm³/mol. The number of nitrogen functional groups attached to an aromatic ring is 2. The van der Waals surface area contributed by atoms with Gasteiger partial charge < -0.3 is 21.3 Å². The Morgan fingerprint density at radius 3 is 2.09 bits per heavy atom. The molecule has 172 valence electrons. The highest BCUT2D eigenvalue weighted by atomic mass is 19.1. The Labute approximate surface area is 193 Å². The first-order chi connectivity index (χ1) is 16.0. The fourth-order valence-electron chi connectivity index (χ4n) is 5.40. The zero-order valence-electron chi connectivity index (χ0n) is 18.7. The first-order valence-electron chi connectivity index (χ1n) is 11.7. The van der Waals surface area contributed by atoms with E-state index in [1.54, 1.807) is 6.07 Å². The third-order valence-corrected chi connectivity index (χ3v) is 7.16. The highest BCUT2D eigenvalue weighted by molar-refractivity contribution is 5.65. The normalized spacial score (nSPS) is 19.3. The minimum atomic E-state index is -0.495. The molecule has 2 heterocycles. The SMILES string of the molecule is Nc1ccc(C2CCCN2c2cc(F)c(N3CCC(c4ccccc4)CC3)c(F)c2)cc1N. The fourth-order valence-corrected chi connectivity index (χ4v) is 5.40. The van der Waals surface area contributed by atoms with E-state index in [2.05, 4.69) is 17.0 Å². The van der Waals surface area contributed by atoms with E-state index in [0.29, 0.717) is 36.1 Å². The van der Waals surface area contributed by atoms with Crippen LogP contribution in [0.4, 0.5) is 31.5 Å². The van der Waals surface area contributed by atoms with Crippen LogP contribution in [-0.4, -0.2) is 19.6 Å². The lowest BCUT2D eigenvalue weighted by Crippen LogP contribution is -2.34. The summed E-state index contributed by atoms with van der Waals surface area (Å²) in [4.78, 5) is 3.93. The molecule has 1 atom stereocenters. The van der Waals surface area contributed by atoms with E-state index in [1.165, 1.54) is 17.7 Å². The first kappa shape index (κ1) is 21.6. The second kappa shape index (κ2) is 8.93. The molecule has 2 aliphatic rings.